The lowest BCUT2D eigenvalue weighted by molar-refractivity contribution is 1.16. The lowest BCUT2D eigenvalue weighted by atomic mass is 10.3. The van der Waals surface area contributed by atoms with Crippen LogP contribution in [0.3, 0.4) is 0 Å². The van der Waals surface area contributed by atoms with Crippen molar-refractivity contribution in [3.63, 3.8) is 0 Å². The highest BCUT2D eigenvalue weighted by atomic mass is 32.1. The molecule has 0 spiro atoms. The summed E-state index contributed by atoms with van der Waals surface area (Å²) in [4.78, 5) is 9.50. The summed E-state index contributed by atoms with van der Waals surface area (Å²) in [7, 11) is 0. The van der Waals surface area contributed by atoms with Gasteiger partial charge in [0.25, 0.3) is 0 Å². The Balaban J connectivity index is 2.52. The second-order valence-electron chi connectivity index (χ2n) is 2.71. The molecule has 1 N–H and O–H groups in total. The fraction of sp³-hybridized carbons (Fsp3) is 0.111. The van der Waals surface area contributed by atoms with E-state index in [-0.39, 0.29) is 0 Å². The molecule has 13 heavy (non-hydrogen) atoms. The van der Waals surface area contributed by atoms with E-state index < -0.39 is 0 Å². The molecular weight excluding hydrogens is 200 g/mol. The van der Waals surface area contributed by atoms with Crippen molar-refractivity contribution in [1.82, 2.24) is 9.97 Å². The van der Waals surface area contributed by atoms with Gasteiger partial charge in [-0.15, -0.1) is 11.3 Å². The number of rotatable bonds is 1. The number of nitrogens with one attached hydrogen (secondary N) is 1. The molecular formula is C9H8N2S2. The molecule has 2 aromatic heterocycles. The molecule has 2 aromatic rings. The Morgan fingerprint density at radius 1 is 1.46 bits per heavy atom. The van der Waals surface area contributed by atoms with Gasteiger partial charge in [0.2, 0.25) is 0 Å². The summed E-state index contributed by atoms with van der Waals surface area (Å²) in [6, 6.07) is 6.05. The second-order valence-corrected chi connectivity index (χ2v) is 4.42. The van der Waals surface area contributed by atoms with Crippen molar-refractivity contribution < 1.29 is 0 Å². The molecule has 0 aliphatic heterocycles. The standard InChI is InChI=1S/C9H8N2S2/c1-6-2-3-8(13-6)7-4-9(12)11-5-10-7/h2-5H,1H3,(H,10,11,12). The minimum absolute atomic E-state index is 0.625. The Hall–Kier alpha value is -1.00. The highest BCUT2D eigenvalue weighted by molar-refractivity contribution is 7.71. The van der Waals surface area contributed by atoms with E-state index in [1.54, 1.807) is 17.7 Å². The third kappa shape index (κ3) is 1.84. The quantitative estimate of drug-likeness (QED) is 0.729. The van der Waals surface area contributed by atoms with E-state index in [0.717, 1.165) is 5.69 Å². The minimum atomic E-state index is 0.625. The Morgan fingerprint density at radius 3 is 2.92 bits per heavy atom. The molecule has 0 aliphatic rings. The van der Waals surface area contributed by atoms with Gasteiger partial charge in [0, 0.05) is 4.88 Å². The predicted molar refractivity (Wildman–Crippen MR) is 57.5 cm³/mol. The van der Waals surface area contributed by atoms with Crippen molar-refractivity contribution in [2.24, 2.45) is 0 Å². The van der Waals surface area contributed by atoms with E-state index in [1.165, 1.54) is 9.75 Å². The fourth-order valence-electron chi connectivity index (χ4n) is 1.09. The van der Waals surface area contributed by atoms with Gasteiger partial charge >= 0.3 is 0 Å². The first-order valence-corrected chi connectivity index (χ1v) is 5.10. The maximum Gasteiger partial charge on any atom is 0.130 e. The van der Waals surface area contributed by atoms with Gasteiger partial charge in [-0.25, -0.2) is 4.98 Å². The normalized spacial score (nSPS) is 10.2. The van der Waals surface area contributed by atoms with E-state index in [4.69, 9.17) is 12.2 Å². The summed E-state index contributed by atoms with van der Waals surface area (Å²) in [5.74, 6) is 0. The molecule has 66 valence electrons. The number of hydrogen-bond donors (Lipinski definition) is 1. The molecule has 0 fully saturated rings. The fourth-order valence-corrected chi connectivity index (χ4v) is 2.11. The monoisotopic (exact) mass is 208 g/mol. The molecule has 0 bridgehead atoms. The summed E-state index contributed by atoms with van der Waals surface area (Å²) < 4.78 is 0.625. The second kappa shape index (κ2) is 3.40. The first-order valence-electron chi connectivity index (χ1n) is 3.87. The molecule has 0 saturated heterocycles. The topological polar surface area (TPSA) is 28.7 Å². The Kier molecular flexibility index (Phi) is 2.24. The Morgan fingerprint density at radius 2 is 2.31 bits per heavy atom. The molecule has 2 heterocycles. The van der Waals surface area contributed by atoms with Crippen LogP contribution in [0.15, 0.2) is 24.5 Å². The van der Waals surface area contributed by atoms with Crippen LogP contribution in [-0.4, -0.2) is 9.97 Å². The molecule has 4 heteroatoms. The average Bonchev–Trinajstić information content (AvgIpc) is 2.52. The number of aryl methyl sites for hydroxylation is 1. The zero-order valence-electron chi connectivity index (χ0n) is 7.07. The molecule has 2 rings (SSSR count). The van der Waals surface area contributed by atoms with Crippen molar-refractivity contribution >= 4 is 23.6 Å². The third-order valence-electron chi connectivity index (χ3n) is 1.69. The van der Waals surface area contributed by atoms with Gasteiger partial charge in [-0.05, 0) is 25.1 Å². The predicted octanol–water partition coefficient (Wildman–Crippen LogP) is 3.18. The van der Waals surface area contributed by atoms with Gasteiger partial charge in [-0.2, -0.15) is 0 Å². The Bertz CT molecular complexity index is 470. The summed E-state index contributed by atoms with van der Waals surface area (Å²) in [6.45, 7) is 2.09. The van der Waals surface area contributed by atoms with Crippen LogP contribution >= 0.6 is 23.6 Å². The van der Waals surface area contributed by atoms with Crippen LogP contribution < -0.4 is 0 Å². The first-order chi connectivity index (χ1) is 6.25. The third-order valence-corrected chi connectivity index (χ3v) is 2.94. The highest BCUT2D eigenvalue weighted by Crippen LogP contribution is 2.25. The number of thiophene rings is 1. The summed E-state index contributed by atoms with van der Waals surface area (Å²) in [6.07, 6.45) is 1.63. The van der Waals surface area contributed by atoms with Crippen molar-refractivity contribution in [2.75, 3.05) is 0 Å². The summed E-state index contributed by atoms with van der Waals surface area (Å²) >= 11 is 6.72. The lowest BCUT2D eigenvalue weighted by Crippen LogP contribution is -1.81. The molecule has 0 aromatic carbocycles. The highest BCUT2D eigenvalue weighted by Gasteiger charge is 1.99. The first kappa shape index (κ1) is 8.59. The van der Waals surface area contributed by atoms with Crippen molar-refractivity contribution in [2.45, 2.75) is 6.92 Å². The maximum absolute atomic E-state index is 4.98. The molecule has 0 amide bonds. The van der Waals surface area contributed by atoms with Gasteiger partial charge in [0.05, 0.1) is 16.9 Å². The summed E-state index contributed by atoms with van der Waals surface area (Å²) in [5.41, 5.74) is 1.04. The van der Waals surface area contributed by atoms with Gasteiger partial charge in [-0.1, -0.05) is 12.2 Å². The van der Waals surface area contributed by atoms with Gasteiger partial charge < -0.3 is 4.98 Å². The summed E-state index contributed by atoms with van der Waals surface area (Å²) in [5, 5.41) is 0. The SMILES string of the molecule is Cc1ccc(-c2cc(=S)nc[nH]2)s1. The molecule has 2 nitrogen and oxygen atoms in total. The average molecular weight is 208 g/mol. The van der Waals surface area contributed by atoms with Crippen LogP contribution in [0.25, 0.3) is 10.6 Å². The van der Waals surface area contributed by atoms with Crippen LogP contribution in [0.4, 0.5) is 0 Å². The Labute approximate surface area is 85.3 Å². The van der Waals surface area contributed by atoms with Gasteiger partial charge in [0.15, 0.2) is 0 Å². The van der Waals surface area contributed by atoms with Crippen molar-refractivity contribution in [3.05, 3.63) is 34.0 Å². The largest absolute Gasteiger partial charge is 0.345 e. The smallest absolute Gasteiger partial charge is 0.130 e. The van der Waals surface area contributed by atoms with Crippen LogP contribution in [0.5, 0.6) is 0 Å². The van der Waals surface area contributed by atoms with E-state index >= 15 is 0 Å². The molecule has 0 saturated carbocycles. The van der Waals surface area contributed by atoms with Crippen LogP contribution in [-0.2, 0) is 0 Å². The number of aromatic amines is 1. The van der Waals surface area contributed by atoms with E-state index in [1.807, 2.05) is 6.07 Å². The molecule has 0 radical (unpaired) electrons. The zero-order valence-corrected chi connectivity index (χ0v) is 8.71. The van der Waals surface area contributed by atoms with Gasteiger partial charge in [-0.3, -0.25) is 0 Å². The van der Waals surface area contributed by atoms with E-state index in [9.17, 15) is 0 Å². The van der Waals surface area contributed by atoms with Crippen LogP contribution in [0, 0.1) is 11.6 Å². The van der Waals surface area contributed by atoms with E-state index in [0.29, 0.717) is 4.64 Å². The molecule has 0 atom stereocenters. The van der Waals surface area contributed by atoms with Crippen LogP contribution in [0.2, 0.25) is 0 Å². The number of H-pyrrole nitrogens is 1. The van der Waals surface area contributed by atoms with Crippen molar-refractivity contribution in [3.8, 4) is 10.6 Å². The lowest BCUT2D eigenvalue weighted by Gasteiger charge is -1.95. The number of hydrogen-bond acceptors (Lipinski definition) is 3. The zero-order chi connectivity index (χ0) is 9.26. The van der Waals surface area contributed by atoms with Crippen molar-refractivity contribution in [1.29, 1.82) is 0 Å². The minimum Gasteiger partial charge on any atom is -0.345 e. The molecule has 0 unspecified atom stereocenters. The maximum atomic E-state index is 4.98. The number of nitrogens with zero attached hydrogens (tertiary/aromatic N) is 1. The van der Waals surface area contributed by atoms with E-state index in [2.05, 4.69) is 29.0 Å². The molecule has 0 aliphatic carbocycles. The van der Waals surface area contributed by atoms with Gasteiger partial charge in [0.1, 0.15) is 4.64 Å². The van der Waals surface area contributed by atoms with Crippen LogP contribution in [0.1, 0.15) is 4.88 Å². The number of aromatic nitrogens is 2.